The molecule has 2 spiro atoms. The molecule has 4 fully saturated rings. The summed E-state index contributed by atoms with van der Waals surface area (Å²) < 4.78 is 8.71. The Balaban J connectivity index is 0.788. The first-order valence-electron chi connectivity index (χ1n) is 20.8. The number of likely N-dealkylation sites (tertiary alicyclic amines) is 1. The maximum atomic E-state index is 13.4. The number of fused-ring (bicyclic) bond motifs is 11. The van der Waals surface area contributed by atoms with E-state index in [1.807, 2.05) is 18.2 Å². The molecule has 10 nitrogen and oxygen atoms in total. The van der Waals surface area contributed by atoms with Gasteiger partial charge in [0.2, 0.25) is 11.8 Å². The van der Waals surface area contributed by atoms with Crippen molar-refractivity contribution in [2.75, 3.05) is 26.2 Å². The Morgan fingerprint density at radius 2 is 1.73 bits per heavy atom. The molecule has 3 aromatic carbocycles. The third kappa shape index (κ3) is 5.06. The van der Waals surface area contributed by atoms with Crippen LogP contribution in [0.3, 0.4) is 0 Å². The Labute approximate surface area is 330 Å². The SMILES string of the molecule is O=C1CC[C@H](N2Cc3c(ccc4c3OCC43CCN(CC4CCC(c5ccc6c(c5)-n5c(nc(=O)c7c(Cl)cccc75)C65CCCCC5)C4)CC3)C2=O)C(=O)N1. The van der Waals surface area contributed by atoms with E-state index in [1.165, 1.54) is 48.1 Å². The molecule has 2 saturated carbocycles. The first-order chi connectivity index (χ1) is 27.2. The summed E-state index contributed by atoms with van der Waals surface area (Å²) in [4.78, 5) is 60.3. The number of carbonyl (C=O) groups is 3. The van der Waals surface area contributed by atoms with Crippen LogP contribution in [0, 0.1) is 5.92 Å². The van der Waals surface area contributed by atoms with E-state index < -0.39 is 6.04 Å². The number of amides is 3. The van der Waals surface area contributed by atoms with Crippen molar-refractivity contribution in [3.63, 3.8) is 0 Å². The van der Waals surface area contributed by atoms with Gasteiger partial charge in [-0.3, -0.25) is 29.1 Å². The summed E-state index contributed by atoms with van der Waals surface area (Å²) in [6.45, 7) is 4.10. The largest absolute Gasteiger partial charge is 0.492 e. The minimum Gasteiger partial charge on any atom is -0.492 e. The Kier molecular flexibility index (Phi) is 7.89. The molecule has 288 valence electrons. The van der Waals surface area contributed by atoms with Gasteiger partial charge in [-0.15, -0.1) is 0 Å². The van der Waals surface area contributed by atoms with Crippen LogP contribution in [0.25, 0.3) is 16.6 Å². The molecular formula is C45H46ClN5O5. The van der Waals surface area contributed by atoms with Crippen LogP contribution in [-0.4, -0.2) is 69.4 Å². The van der Waals surface area contributed by atoms with Crippen LogP contribution in [0.2, 0.25) is 5.02 Å². The summed E-state index contributed by atoms with van der Waals surface area (Å²) in [5.74, 6) is 2.04. The highest BCUT2D eigenvalue weighted by Gasteiger charge is 2.49. The third-order valence-electron chi connectivity index (χ3n) is 14.9. The van der Waals surface area contributed by atoms with Crippen LogP contribution in [0.5, 0.6) is 5.75 Å². The summed E-state index contributed by atoms with van der Waals surface area (Å²) in [6.07, 6.45) is 11.7. The summed E-state index contributed by atoms with van der Waals surface area (Å²) in [5, 5.41) is 3.37. The molecule has 2 aliphatic carbocycles. The van der Waals surface area contributed by atoms with Gasteiger partial charge in [0.1, 0.15) is 17.6 Å². The van der Waals surface area contributed by atoms with Crippen molar-refractivity contribution in [3.05, 3.63) is 97.5 Å². The molecule has 6 heterocycles. The maximum Gasteiger partial charge on any atom is 0.282 e. The van der Waals surface area contributed by atoms with Gasteiger partial charge in [-0.25, -0.2) is 0 Å². The zero-order valence-electron chi connectivity index (χ0n) is 31.6. The molecule has 5 aliphatic heterocycles. The second-order valence-electron chi connectivity index (χ2n) is 17.7. The molecule has 3 amide bonds. The van der Waals surface area contributed by atoms with Crippen molar-refractivity contribution >= 4 is 40.2 Å². The van der Waals surface area contributed by atoms with E-state index in [0.29, 0.717) is 47.4 Å². The lowest BCUT2D eigenvalue weighted by Crippen LogP contribution is -2.52. The summed E-state index contributed by atoms with van der Waals surface area (Å²) >= 11 is 6.62. The lowest BCUT2D eigenvalue weighted by Gasteiger charge is -2.39. The number of benzene rings is 3. The predicted octanol–water partition coefficient (Wildman–Crippen LogP) is 6.67. The smallest absolute Gasteiger partial charge is 0.282 e. The molecule has 3 atom stereocenters. The van der Waals surface area contributed by atoms with Crippen LogP contribution < -0.4 is 15.6 Å². The highest BCUT2D eigenvalue weighted by molar-refractivity contribution is 6.35. The first kappa shape index (κ1) is 34.7. The predicted molar refractivity (Wildman–Crippen MR) is 212 cm³/mol. The van der Waals surface area contributed by atoms with Gasteiger partial charge in [0.05, 0.1) is 40.2 Å². The number of hydrogen-bond acceptors (Lipinski definition) is 7. The average Bonchev–Trinajstić information content (AvgIpc) is 3.96. The summed E-state index contributed by atoms with van der Waals surface area (Å²) in [6, 6.07) is 16.3. The third-order valence-corrected chi connectivity index (χ3v) is 15.2. The number of nitrogens with zero attached hydrogens (tertiary/aromatic N) is 4. The monoisotopic (exact) mass is 771 g/mol. The van der Waals surface area contributed by atoms with Crippen LogP contribution in [0.1, 0.15) is 121 Å². The number of aromatic nitrogens is 2. The number of piperidine rings is 2. The zero-order valence-corrected chi connectivity index (χ0v) is 32.3. The van der Waals surface area contributed by atoms with Gasteiger partial charge in [-0.1, -0.05) is 55.1 Å². The molecule has 56 heavy (non-hydrogen) atoms. The molecule has 11 rings (SSSR count). The van der Waals surface area contributed by atoms with E-state index >= 15 is 0 Å². The molecule has 1 aromatic heterocycles. The van der Waals surface area contributed by atoms with E-state index in [0.717, 1.165) is 80.8 Å². The van der Waals surface area contributed by atoms with Gasteiger partial charge >= 0.3 is 0 Å². The molecular weight excluding hydrogens is 726 g/mol. The standard InChI is InChI=1S/C45H46ClN5O5/c46-33-5-4-6-34-38(33)41(54)48-43-45(15-2-1-3-16-45)31-11-9-28(22-36(31)51(34)43)27-8-7-26(21-27)23-49-19-17-44(18-20-49)25-56-39-30-24-50(35-13-14-37(52)47-40(35)53)42(55)29(30)10-12-32(39)44/h4-6,9-12,22,26-27,35H,1-3,7-8,13-21,23-25H2,(H,47,52,53)/t26?,27?,35-/m0/s1. The normalized spacial score (nSPS) is 26.1. The quantitative estimate of drug-likeness (QED) is 0.231. The lowest BCUT2D eigenvalue weighted by molar-refractivity contribution is -0.136. The number of ether oxygens (including phenoxy) is 1. The van der Waals surface area contributed by atoms with E-state index in [1.54, 1.807) is 11.0 Å². The van der Waals surface area contributed by atoms with Crippen molar-refractivity contribution in [1.82, 2.24) is 24.7 Å². The Morgan fingerprint density at radius 3 is 2.55 bits per heavy atom. The van der Waals surface area contributed by atoms with E-state index in [2.05, 4.69) is 39.0 Å². The molecule has 0 radical (unpaired) electrons. The Morgan fingerprint density at radius 1 is 0.911 bits per heavy atom. The van der Waals surface area contributed by atoms with Crippen molar-refractivity contribution in [2.24, 2.45) is 5.92 Å². The molecule has 4 aromatic rings. The lowest BCUT2D eigenvalue weighted by atomic mass is 9.69. The fourth-order valence-corrected chi connectivity index (χ4v) is 12.2. The number of rotatable bonds is 4. The number of hydrogen-bond donors (Lipinski definition) is 1. The molecule has 0 bridgehead atoms. The van der Waals surface area contributed by atoms with Crippen LogP contribution >= 0.6 is 11.6 Å². The Hall–Kier alpha value is -4.54. The molecule has 2 unspecified atom stereocenters. The average molecular weight is 772 g/mol. The number of halogens is 1. The van der Waals surface area contributed by atoms with Crippen molar-refractivity contribution in [3.8, 4) is 11.4 Å². The number of nitrogens with one attached hydrogen (secondary N) is 1. The van der Waals surface area contributed by atoms with Crippen LogP contribution in [0.15, 0.2) is 53.3 Å². The zero-order chi connectivity index (χ0) is 37.9. The van der Waals surface area contributed by atoms with Gasteiger partial charge in [0, 0.05) is 35.1 Å². The van der Waals surface area contributed by atoms with Crippen molar-refractivity contribution in [1.29, 1.82) is 0 Å². The molecule has 1 N–H and O–H groups in total. The number of imide groups is 1. The minimum atomic E-state index is -0.630. The molecule has 7 aliphatic rings. The van der Waals surface area contributed by atoms with Crippen LogP contribution in [-0.2, 0) is 27.0 Å². The number of carbonyl (C=O) groups excluding carboxylic acids is 3. The first-order valence-corrected chi connectivity index (χ1v) is 21.1. The Bertz CT molecular complexity index is 2430. The van der Waals surface area contributed by atoms with E-state index in [9.17, 15) is 19.2 Å². The van der Waals surface area contributed by atoms with Crippen molar-refractivity contribution in [2.45, 2.75) is 106 Å². The van der Waals surface area contributed by atoms with Gasteiger partial charge in [0.25, 0.3) is 11.5 Å². The van der Waals surface area contributed by atoms with Gasteiger partial charge in [-0.05, 0) is 112 Å². The van der Waals surface area contributed by atoms with E-state index in [-0.39, 0.29) is 40.5 Å². The molecule has 11 heteroatoms. The van der Waals surface area contributed by atoms with Crippen LogP contribution in [0.4, 0.5) is 0 Å². The minimum absolute atomic E-state index is 0.0612. The highest BCUT2D eigenvalue weighted by Crippen LogP contribution is 2.53. The van der Waals surface area contributed by atoms with Gasteiger partial charge < -0.3 is 14.5 Å². The summed E-state index contributed by atoms with van der Waals surface area (Å²) in [5.41, 5.74) is 6.96. The maximum absolute atomic E-state index is 13.4. The van der Waals surface area contributed by atoms with Gasteiger partial charge in [-0.2, -0.15) is 4.98 Å². The van der Waals surface area contributed by atoms with E-state index in [4.69, 9.17) is 21.3 Å². The topological polar surface area (TPSA) is 114 Å². The highest BCUT2D eigenvalue weighted by atomic mass is 35.5. The summed E-state index contributed by atoms with van der Waals surface area (Å²) in [7, 11) is 0. The molecule has 2 saturated heterocycles. The second kappa shape index (κ2) is 12.7. The fraction of sp³-hybridized carbons (Fsp3) is 0.489. The fourth-order valence-electron chi connectivity index (χ4n) is 11.9. The second-order valence-corrected chi connectivity index (χ2v) is 18.2. The van der Waals surface area contributed by atoms with Crippen molar-refractivity contribution < 1.29 is 19.1 Å². The van der Waals surface area contributed by atoms with Gasteiger partial charge in [0.15, 0.2) is 0 Å².